The van der Waals surface area contributed by atoms with Crippen molar-refractivity contribution < 1.29 is 14.4 Å². The lowest BCUT2D eigenvalue weighted by Gasteiger charge is -2.23. The number of para-hydroxylation sites is 1. The molecule has 0 spiro atoms. The Hall–Kier alpha value is -3.33. The lowest BCUT2D eigenvalue weighted by molar-refractivity contribution is -0.124. The molecule has 0 radical (unpaired) electrons. The van der Waals surface area contributed by atoms with E-state index in [0.717, 1.165) is 34.0 Å². The van der Waals surface area contributed by atoms with Crippen LogP contribution in [-0.4, -0.2) is 32.5 Å². The van der Waals surface area contributed by atoms with Gasteiger partial charge in [0.25, 0.3) is 5.91 Å². The Balaban J connectivity index is 1.36. The van der Waals surface area contributed by atoms with E-state index in [4.69, 9.17) is 0 Å². The van der Waals surface area contributed by atoms with Crippen LogP contribution in [0.5, 0.6) is 0 Å². The number of rotatable bonds is 4. The highest BCUT2D eigenvalue weighted by atomic mass is 32.2. The Kier molecular flexibility index (Phi) is 5.45. The fraction of sp³-hybridized carbons (Fsp3) is 0.238. The monoisotopic (exact) mass is 423 g/mol. The molecule has 8 nitrogen and oxygen atoms in total. The summed E-state index contributed by atoms with van der Waals surface area (Å²) in [6, 6.07) is 12.7. The predicted octanol–water partition coefficient (Wildman–Crippen LogP) is 2.63. The molecule has 3 N–H and O–H groups in total. The van der Waals surface area contributed by atoms with Crippen molar-refractivity contribution in [3.63, 3.8) is 0 Å². The zero-order valence-corrected chi connectivity index (χ0v) is 17.4. The van der Waals surface area contributed by atoms with Crippen LogP contribution in [0.3, 0.4) is 0 Å². The average Bonchev–Trinajstić information content (AvgIpc) is 3.06. The Labute approximate surface area is 177 Å². The number of hydrogen-bond acceptors (Lipinski definition) is 5. The number of carbonyl (C=O) groups excluding carboxylic acids is 3. The van der Waals surface area contributed by atoms with Crippen LogP contribution in [0.2, 0.25) is 0 Å². The summed E-state index contributed by atoms with van der Waals surface area (Å²) >= 11 is 1.34. The Morgan fingerprint density at radius 3 is 2.80 bits per heavy atom. The van der Waals surface area contributed by atoms with Gasteiger partial charge < -0.3 is 9.88 Å². The van der Waals surface area contributed by atoms with Crippen LogP contribution < -0.4 is 16.2 Å². The largest absolute Gasteiger partial charge is 0.329 e. The molecule has 1 aromatic heterocycles. The zero-order chi connectivity index (χ0) is 21.3. The average molecular weight is 423 g/mol. The number of hydrazine groups is 1. The van der Waals surface area contributed by atoms with Crippen molar-refractivity contribution in [3.8, 4) is 0 Å². The number of nitrogens with zero attached hydrogens (tertiary/aromatic N) is 2. The summed E-state index contributed by atoms with van der Waals surface area (Å²) in [6.07, 6.45) is -0.0513. The molecule has 1 aliphatic heterocycles. The maximum atomic E-state index is 12.4. The van der Waals surface area contributed by atoms with Crippen molar-refractivity contribution in [3.05, 3.63) is 53.9 Å². The number of aromatic nitrogens is 2. The minimum Gasteiger partial charge on any atom is -0.329 e. The highest BCUT2D eigenvalue weighted by molar-refractivity contribution is 8.01. The molecule has 2 aromatic carbocycles. The third-order valence-corrected chi connectivity index (χ3v) is 6.19. The van der Waals surface area contributed by atoms with Crippen molar-refractivity contribution in [2.24, 2.45) is 0 Å². The number of anilines is 1. The molecular weight excluding hydrogens is 402 g/mol. The van der Waals surface area contributed by atoms with Crippen LogP contribution in [0.4, 0.5) is 5.69 Å². The highest BCUT2D eigenvalue weighted by Crippen LogP contribution is 2.36. The van der Waals surface area contributed by atoms with Crippen LogP contribution in [-0.2, 0) is 16.1 Å². The number of hydrogen-bond donors (Lipinski definition) is 3. The van der Waals surface area contributed by atoms with Gasteiger partial charge in [-0.15, -0.1) is 11.8 Å². The van der Waals surface area contributed by atoms with Crippen LogP contribution in [0.25, 0.3) is 11.0 Å². The molecule has 3 amide bonds. The summed E-state index contributed by atoms with van der Waals surface area (Å²) in [5, 5.41) is 2.24. The maximum Gasteiger partial charge on any atom is 0.269 e. The molecule has 0 fully saturated rings. The van der Waals surface area contributed by atoms with Crippen molar-refractivity contribution in [2.75, 3.05) is 5.32 Å². The van der Waals surface area contributed by atoms with Gasteiger partial charge in [-0.05, 0) is 44.2 Å². The minimum absolute atomic E-state index is 0.0513. The van der Waals surface area contributed by atoms with Gasteiger partial charge in [0.1, 0.15) is 5.82 Å². The van der Waals surface area contributed by atoms with Gasteiger partial charge in [0.15, 0.2) is 0 Å². The Morgan fingerprint density at radius 1 is 1.20 bits per heavy atom. The number of imidazole rings is 1. The van der Waals surface area contributed by atoms with Gasteiger partial charge in [-0.25, -0.2) is 4.98 Å². The topological polar surface area (TPSA) is 105 Å². The smallest absolute Gasteiger partial charge is 0.269 e. The lowest BCUT2D eigenvalue weighted by Crippen LogP contribution is -2.44. The summed E-state index contributed by atoms with van der Waals surface area (Å²) in [5.41, 5.74) is 7.61. The Bertz CT molecular complexity index is 1160. The normalized spacial score (nSPS) is 15.4. The minimum atomic E-state index is -0.561. The van der Waals surface area contributed by atoms with Gasteiger partial charge in [-0.2, -0.15) is 0 Å². The van der Waals surface area contributed by atoms with E-state index in [1.165, 1.54) is 11.8 Å². The molecule has 0 bridgehead atoms. The van der Waals surface area contributed by atoms with Crippen LogP contribution in [0.1, 0.15) is 29.5 Å². The number of thioether (sulfide) groups is 1. The first-order valence-electron chi connectivity index (χ1n) is 9.59. The second-order valence-corrected chi connectivity index (χ2v) is 8.15. The van der Waals surface area contributed by atoms with Gasteiger partial charge in [0.2, 0.25) is 11.8 Å². The number of amides is 3. The molecule has 1 atom stereocenters. The van der Waals surface area contributed by atoms with Crippen LogP contribution >= 0.6 is 11.8 Å². The molecule has 2 heterocycles. The third-order valence-electron chi connectivity index (χ3n) is 4.91. The van der Waals surface area contributed by atoms with E-state index in [9.17, 15) is 14.4 Å². The molecular formula is C21H21N5O3S. The number of fused-ring (bicyclic) bond motifs is 2. The summed E-state index contributed by atoms with van der Waals surface area (Å²) in [7, 11) is 0. The quantitative estimate of drug-likeness (QED) is 0.560. The molecule has 154 valence electrons. The zero-order valence-electron chi connectivity index (χ0n) is 16.6. The van der Waals surface area contributed by atoms with E-state index < -0.39 is 17.1 Å². The van der Waals surface area contributed by atoms with Crippen molar-refractivity contribution in [2.45, 2.75) is 37.0 Å². The van der Waals surface area contributed by atoms with E-state index in [2.05, 4.69) is 25.7 Å². The van der Waals surface area contributed by atoms with Crippen molar-refractivity contribution in [1.82, 2.24) is 20.4 Å². The van der Waals surface area contributed by atoms with Gasteiger partial charge in [0.05, 0.1) is 22.0 Å². The molecule has 4 rings (SSSR count). The standard InChI is InChI=1S/C21H21N5O3S/c1-3-26-12(2)22-15-10-13(8-9-16(15)26)20(28)25-24-19(27)11-18-21(29)23-14-6-4-5-7-17(14)30-18/h4-10,18H,3,11H2,1-2H3,(H,23,29)(H,24,27)(H,25,28). The van der Waals surface area contributed by atoms with Crippen molar-refractivity contribution >= 4 is 46.2 Å². The van der Waals surface area contributed by atoms with Gasteiger partial charge in [0, 0.05) is 23.4 Å². The lowest BCUT2D eigenvalue weighted by atomic mass is 10.2. The van der Waals surface area contributed by atoms with Crippen LogP contribution in [0, 0.1) is 6.92 Å². The number of carbonyl (C=O) groups is 3. The molecule has 30 heavy (non-hydrogen) atoms. The third kappa shape index (κ3) is 3.88. The SMILES string of the molecule is CCn1c(C)nc2cc(C(=O)NNC(=O)CC3Sc4ccccc4NC3=O)ccc21. The molecule has 0 aliphatic carbocycles. The first-order valence-corrected chi connectivity index (χ1v) is 10.5. The van der Waals surface area contributed by atoms with Crippen LogP contribution in [0.15, 0.2) is 47.4 Å². The summed E-state index contributed by atoms with van der Waals surface area (Å²) in [5.74, 6) is -0.238. The van der Waals surface area contributed by atoms with E-state index in [-0.39, 0.29) is 12.3 Å². The van der Waals surface area contributed by atoms with E-state index in [1.807, 2.05) is 44.2 Å². The first-order chi connectivity index (χ1) is 14.5. The highest BCUT2D eigenvalue weighted by Gasteiger charge is 2.28. The molecule has 1 unspecified atom stereocenters. The van der Waals surface area contributed by atoms with Gasteiger partial charge in [-0.3, -0.25) is 25.2 Å². The molecule has 9 heteroatoms. The first kappa shape index (κ1) is 20.0. The number of aryl methyl sites for hydroxylation is 2. The van der Waals surface area contributed by atoms with Gasteiger partial charge in [-0.1, -0.05) is 12.1 Å². The fourth-order valence-electron chi connectivity index (χ4n) is 3.44. The second kappa shape index (κ2) is 8.19. The van der Waals surface area contributed by atoms with Crippen molar-refractivity contribution in [1.29, 1.82) is 0 Å². The molecule has 0 saturated carbocycles. The summed E-state index contributed by atoms with van der Waals surface area (Å²) in [4.78, 5) is 42.3. The second-order valence-electron chi connectivity index (χ2n) is 6.91. The molecule has 0 saturated heterocycles. The number of nitrogens with one attached hydrogen (secondary N) is 3. The molecule has 1 aliphatic rings. The van der Waals surface area contributed by atoms with E-state index in [0.29, 0.717) is 5.56 Å². The van der Waals surface area contributed by atoms with Gasteiger partial charge >= 0.3 is 0 Å². The maximum absolute atomic E-state index is 12.4. The fourth-order valence-corrected chi connectivity index (χ4v) is 4.55. The molecule has 3 aromatic rings. The summed E-state index contributed by atoms with van der Waals surface area (Å²) in [6.45, 7) is 4.75. The Morgan fingerprint density at radius 2 is 2.00 bits per heavy atom. The predicted molar refractivity (Wildman–Crippen MR) is 115 cm³/mol. The number of benzene rings is 2. The van der Waals surface area contributed by atoms with E-state index in [1.54, 1.807) is 12.1 Å². The summed E-state index contributed by atoms with van der Waals surface area (Å²) < 4.78 is 2.06. The van der Waals surface area contributed by atoms with E-state index >= 15 is 0 Å².